The number of carbonyl (C=O) groups excluding carboxylic acids is 1. The summed E-state index contributed by atoms with van der Waals surface area (Å²) in [5, 5.41) is 5.30. The highest BCUT2D eigenvalue weighted by atomic mass is 16.2. The molecule has 0 bridgehead atoms. The molecular weight excluding hydrogens is 236 g/mol. The second kappa shape index (κ2) is 7.71. The van der Waals surface area contributed by atoms with E-state index >= 15 is 0 Å². The maximum absolute atomic E-state index is 11.5. The lowest BCUT2D eigenvalue weighted by Crippen LogP contribution is -2.19. The van der Waals surface area contributed by atoms with Crippen LogP contribution < -0.4 is 10.6 Å². The van der Waals surface area contributed by atoms with Gasteiger partial charge in [0.2, 0.25) is 0 Å². The molecule has 2 aromatic heterocycles. The van der Waals surface area contributed by atoms with Gasteiger partial charge in [0.1, 0.15) is 0 Å². The molecule has 0 fully saturated rings. The summed E-state index contributed by atoms with van der Waals surface area (Å²) in [5.74, 6) is 0. The fourth-order valence-electron chi connectivity index (χ4n) is 1.17. The topological polar surface area (TPSA) is 130 Å². The van der Waals surface area contributed by atoms with Gasteiger partial charge in [0.15, 0.2) is 0 Å². The molecule has 0 aliphatic heterocycles. The van der Waals surface area contributed by atoms with Crippen molar-refractivity contribution < 1.29 is 15.7 Å². The molecule has 0 saturated heterocycles. The molecule has 7 nitrogen and oxygen atoms in total. The number of pyridine rings is 2. The summed E-state index contributed by atoms with van der Waals surface area (Å²) >= 11 is 0. The lowest BCUT2D eigenvalue weighted by Gasteiger charge is -2.06. The minimum atomic E-state index is -0.319. The summed E-state index contributed by atoms with van der Waals surface area (Å²) in [5.41, 5.74) is 1.28. The van der Waals surface area contributed by atoms with Gasteiger partial charge in [-0.1, -0.05) is 0 Å². The number of nitrogens with zero attached hydrogens (tertiary/aromatic N) is 2. The van der Waals surface area contributed by atoms with Gasteiger partial charge in [0.25, 0.3) is 0 Å². The van der Waals surface area contributed by atoms with Gasteiger partial charge in [-0.3, -0.25) is 9.97 Å². The lowest BCUT2D eigenvalue weighted by atomic mass is 10.4. The molecule has 0 atom stereocenters. The largest absolute Gasteiger partial charge is 0.412 e. The zero-order valence-corrected chi connectivity index (χ0v) is 9.42. The van der Waals surface area contributed by atoms with E-state index in [9.17, 15) is 4.79 Å². The summed E-state index contributed by atoms with van der Waals surface area (Å²) in [4.78, 5) is 19.3. The minimum Gasteiger partial charge on any atom is -0.412 e. The third kappa shape index (κ3) is 4.56. The SMILES string of the molecule is O.O.O=C(Nc1cccnc1)Nc1cccnc1. The van der Waals surface area contributed by atoms with Crippen LogP contribution in [0.4, 0.5) is 16.2 Å². The second-order valence-electron chi connectivity index (χ2n) is 3.06. The smallest absolute Gasteiger partial charge is 0.323 e. The number of urea groups is 1. The van der Waals surface area contributed by atoms with E-state index in [4.69, 9.17) is 0 Å². The molecule has 0 saturated carbocycles. The fourth-order valence-corrected chi connectivity index (χ4v) is 1.17. The molecule has 2 heterocycles. The van der Waals surface area contributed by atoms with Crippen molar-refractivity contribution in [2.75, 3.05) is 10.6 Å². The zero-order chi connectivity index (χ0) is 11.2. The Bertz CT molecular complexity index is 421. The fraction of sp³-hybridized carbons (Fsp3) is 0. The number of carbonyl (C=O) groups is 1. The van der Waals surface area contributed by atoms with Gasteiger partial charge in [0.05, 0.1) is 23.8 Å². The van der Waals surface area contributed by atoms with Crippen molar-refractivity contribution in [3.8, 4) is 0 Å². The van der Waals surface area contributed by atoms with Gasteiger partial charge < -0.3 is 21.6 Å². The monoisotopic (exact) mass is 250 g/mol. The van der Waals surface area contributed by atoms with E-state index < -0.39 is 0 Å². The third-order valence-corrected chi connectivity index (χ3v) is 1.84. The maximum Gasteiger partial charge on any atom is 0.323 e. The highest BCUT2D eigenvalue weighted by Gasteiger charge is 2.01. The average Bonchev–Trinajstić information content (AvgIpc) is 2.31. The molecule has 0 unspecified atom stereocenters. The summed E-state index contributed by atoms with van der Waals surface area (Å²) in [6, 6.07) is 6.70. The van der Waals surface area contributed by atoms with E-state index in [1.165, 1.54) is 0 Å². The Morgan fingerprint density at radius 3 is 1.67 bits per heavy atom. The first-order valence-corrected chi connectivity index (χ1v) is 4.72. The normalized spacial score (nSPS) is 8.44. The number of anilines is 2. The highest BCUT2D eigenvalue weighted by molar-refractivity contribution is 5.99. The van der Waals surface area contributed by atoms with Crippen LogP contribution in [0.15, 0.2) is 49.1 Å². The number of hydrogen-bond acceptors (Lipinski definition) is 3. The number of amides is 2. The van der Waals surface area contributed by atoms with Crippen molar-refractivity contribution >= 4 is 17.4 Å². The molecule has 96 valence electrons. The first-order valence-electron chi connectivity index (χ1n) is 4.72. The predicted octanol–water partition coefficient (Wildman–Crippen LogP) is 0.471. The molecule has 7 heteroatoms. The number of aromatic nitrogens is 2. The summed E-state index contributed by atoms with van der Waals surface area (Å²) in [6.07, 6.45) is 6.43. The third-order valence-electron chi connectivity index (χ3n) is 1.84. The number of rotatable bonds is 2. The molecule has 2 aromatic rings. The molecule has 0 radical (unpaired) electrons. The summed E-state index contributed by atoms with van der Waals surface area (Å²) < 4.78 is 0. The average molecular weight is 250 g/mol. The molecule has 0 aliphatic carbocycles. The predicted molar refractivity (Wildman–Crippen MR) is 68.3 cm³/mol. The van der Waals surface area contributed by atoms with Crippen LogP contribution in [0.1, 0.15) is 0 Å². The minimum absolute atomic E-state index is 0. The van der Waals surface area contributed by atoms with Crippen molar-refractivity contribution in [3.05, 3.63) is 49.1 Å². The lowest BCUT2D eigenvalue weighted by molar-refractivity contribution is 0.262. The zero-order valence-electron chi connectivity index (χ0n) is 9.42. The Morgan fingerprint density at radius 1 is 0.889 bits per heavy atom. The first-order chi connectivity index (χ1) is 7.84. The Morgan fingerprint density at radius 2 is 1.33 bits per heavy atom. The molecule has 0 aliphatic rings. The van der Waals surface area contributed by atoms with Crippen LogP contribution in [-0.2, 0) is 0 Å². The van der Waals surface area contributed by atoms with Crippen LogP contribution in [-0.4, -0.2) is 27.0 Å². The molecular formula is C11H14N4O3. The first kappa shape index (κ1) is 15.5. The van der Waals surface area contributed by atoms with Gasteiger partial charge in [-0.05, 0) is 24.3 Å². The van der Waals surface area contributed by atoms with E-state index in [1.807, 2.05) is 0 Å². The van der Waals surface area contributed by atoms with Crippen molar-refractivity contribution in [3.63, 3.8) is 0 Å². The molecule has 0 aromatic carbocycles. The summed E-state index contributed by atoms with van der Waals surface area (Å²) in [6.45, 7) is 0. The van der Waals surface area contributed by atoms with E-state index in [2.05, 4.69) is 20.6 Å². The van der Waals surface area contributed by atoms with Gasteiger partial charge in [-0.2, -0.15) is 0 Å². The van der Waals surface area contributed by atoms with Crippen LogP contribution in [0.5, 0.6) is 0 Å². The van der Waals surface area contributed by atoms with E-state index in [0.29, 0.717) is 11.4 Å². The van der Waals surface area contributed by atoms with E-state index in [0.717, 1.165) is 0 Å². The highest BCUT2D eigenvalue weighted by Crippen LogP contribution is 2.06. The Labute approximate surface area is 104 Å². The number of nitrogens with one attached hydrogen (secondary N) is 2. The van der Waals surface area contributed by atoms with Crippen LogP contribution in [0.2, 0.25) is 0 Å². The molecule has 6 N–H and O–H groups in total. The van der Waals surface area contributed by atoms with E-state index in [-0.39, 0.29) is 17.0 Å². The molecule has 2 amide bonds. The Kier molecular flexibility index (Phi) is 6.64. The van der Waals surface area contributed by atoms with Crippen molar-refractivity contribution in [2.24, 2.45) is 0 Å². The Balaban J connectivity index is 0.00000144. The van der Waals surface area contributed by atoms with E-state index in [1.54, 1.807) is 49.1 Å². The second-order valence-corrected chi connectivity index (χ2v) is 3.06. The van der Waals surface area contributed by atoms with Gasteiger partial charge >= 0.3 is 6.03 Å². The van der Waals surface area contributed by atoms with Crippen molar-refractivity contribution in [1.29, 1.82) is 0 Å². The van der Waals surface area contributed by atoms with Gasteiger partial charge in [0, 0.05) is 12.4 Å². The van der Waals surface area contributed by atoms with Crippen LogP contribution in [0.25, 0.3) is 0 Å². The number of hydrogen-bond donors (Lipinski definition) is 2. The van der Waals surface area contributed by atoms with Crippen LogP contribution >= 0.6 is 0 Å². The van der Waals surface area contributed by atoms with Crippen molar-refractivity contribution in [2.45, 2.75) is 0 Å². The quantitative estimate of drug-likeness (QED) is 0.803. The van der Waals surface area contributed by atoms with Crippen LogP contribution in [0.3, 0.4) is 0 Å². The Hall–Kier alpha value is -2.51. The molecule has 2 rings (SSSR count). The van der Waals surface area contributed by atoms with Crippen LogP contribution in [0, 0.1) is 0 Å². The molecule has 18 heavy (non-hydrogen) atoms. The van der Waals surface area contributed by atoms with Gasteiger partial charge in [-0.25, -0.2) is 4.79 Å². The standard InChI is InChI=1S/C11H10N4O.2H2O/c16-11(14-9-3-1-5-12-7-9)15-10-4-2-6-13-8-10;;/h1-8H,(H2,14,15,16);2*1H2. The molecule has 0 spiro atoms. The van der Waals surface area contributed by atoms with Gasteiger partial charge in [-0.15, -0.1) is 0 Å². The summed E-state index contributed by atoms with van der Waals surface area (Å²) in [7, 11) is 0. The van der Waals surface area contributed by atoms with Crippen molar-refractivity contribution in [1.82, 2.24) is 9.97 Å². The maximum atomic E-state index is 11.5.